The monoisotopic (exact) mass is 249 g/mol. The molecule has 1 heterocycles. The number of aromatic nitrogens is 2. The van der Waals surface area contributed by atoms with Gasteiger partial charge in [-0.3, -0.25) is 9.78 Å². The molecule has 4 N–H and O–H groups in total. The summed E-state index contributed by atoms with van der Waals surface area (Å²) in [6.45, 7) is 2.22. The van der Waals surface area contributed by atoms with Gasteiger partial charge in [-0.1, -0.05) is 19.8 Å². The normalized spacial score (nSPS) is 23.4. The number of nitrogens with zero attached hydrogens (tertiary/aromatic N) is 2. The Balaban J connectivity index is 1.98. The zero-order valence-electron chi connectivity index (χ0n) is 10.5. The minimum absolute atomic E-state index is 0.182. The Morgan fingerprint density at radius 2 is 2.28 bits per heavy atom. The van der Waals surface area contributed by atoms with E-state index in [0.29, 0.717) is 17.4 Å². The summed E-state index contributed by atoms with van der Waals surface area (Å²) in [5.74, 6) is 6.12. The fourth-order valence-corrected chi connectivity index (χ4v) is 2.37. The molecule has 1 saturated carbocycles. The number of hydrogen-bond acceptors (Lipinski definition) is 5. The third-order valence-corrected chi connectivity index (χ3v) is 3.29. The molecular formula is C12H19N5O. The SMILES string of the molecule is CC1CCCC(NC(=O)c2cncc(NN)n2)C1. The van der Waals surface area contributed by atoms with Gasteiger partial charge in [-0.2, -0.15) is 0 Å². The number of nitrogens with one attached hydrogen (secondary N) is 2. The number of carbonyl (C=O) groups excluding carboxylic acids is 1. The van der Waals surface area contributed by atoms with E-state index < -0.39 is 0 Å². The molecule has 1 amide bonds. The van der Waals surface area contributed by atoms with Gasteiger partial charge >= 0.3 is 0 Å². The Kier molecular flexibility index (Phi) is 4.09. The van der Waals surface area contributed by atoms with Crippen molar-refractivity contribution in [3.63, 3.8) is 0 Å². The Hall–Kier alpha value is -1.69. The number of hydrazine groups is 1. The van der Waals surface area contributed by atoms with Crippen LogP contribution in [0.4, 0.5) is 5.82 Å². The van der Waals surface area contributed by atoms with E-state index in [2.05, 4.69) is 27.6 Å². The lowest BCUT2D eigenvalue weighted by molar-refractivity contribution is 0.0916. The van der Waals surface area contributed by atoms with Crippen molar-refractivity contribution in [2.24, 2.45) is 11.8 Å². The van der Waals surface area contributed by atoms with Crippen molar-refractivity contribution in [1.29, 1.82) is 0 Å². The number of carbonyl (C=O) groups is 1. The summed E-state index contributed by atoms with van der Waals surface area (Å²) in [5.41, 5.74) is 2.67. The molecule has 0 radical (unpaired) electrons. The van der Waals surface area contributed by atoms with Gasteiger partial charge in [0.25, 0.3) is 5.91 Å². The number of nitrogens with two attached hydrogens (primary N) is 1. The van der Waals surface area contributed by atoms with Gasteiger partial charge in [-0.25, -0.2) is 10.8 Å². The van der Waals surface area contributed by atoms with Crippen LogP contribution in [0.15, 0.2) is 12.4 Å². The van der Waals surface area contributed by atoms with Gasteiger partial charge in [0.1, 0.15) is 5.69 Å². The summed E-state index contributed by atoms with van der Waals surface area (Å²) in [4.78, 5) is 20.0. The zero-order valence-corrected chi connectivity index (χ0v) is 10.5. The van der Waals surface area contributed by atoms with E-state index in [1.807, 2.05) is 0 Å². The Bertz CT molecular complexity index is 423. The summed E-state index contributed by atoms with van der Waals surface area (Å²) in [6, 6.07) is 0.248. The van der Waals surface area contributed by atoms with Crippen molar-refractivity contribution in [2.75, 3.05) is 5.43 Å². The third kappa shape index (κ3) is 3.16. The van der Waals surface area contributed by atoms with E-state index in [0.717, 1.165) is 12.8 Å². The van der Waals surface area contributed by atoms with Crippen molar-refractivity contribution >= 4 is 11.7 Å². The van der Waals surface area contributed by atoms with Crippen molar-refractivity contribution in [1.82, 2.24) is 15.3 Å². The molecule has 1 aliphatic carbocycles. The summed E-state index contributed by atoms with van der Waals surface area (Å²) < 4.78 is 0. The second-order valence-electron chi connectivity index (χ2n) is 4.88. The van der Waals surface area contributed by atoms with Gasteiger partial charge in [0.05, 0.1) is 12.4 Å². The molecule has 1 fully saturated rings. The highest BCUT2D eigenvalue weighted by Gasteiger charge is 2.21. The highest BCUT2D eigenvalue weighted by atomic mass is 16.1. The molecule has 0 aliphatic heterocycles. The van der Waals surface area contributed by atoms with Gasteiger partial charge in [-0.05, 0) is 18.8 Å². The lowest BCUT2D eigenvalue weighted by Gasteiger charge is -2.27. The maximum absolute atomic E-state index is 12.0. The van der Waals surface area contributed by atoms with E-state index in [1.165, 1.54) is 25.2 Å². The molecular weight excluding hydrogens is 230 g/mol. The van der Waals surface area contributed by atoms with Crippen molar-refractivity contribution in [3.8, 4) is 0 Å². The van der Waals surface area contributed by atoms with Crippen LogP contribution in [-0.4, -0.2) is 21.9 Å². The molecule has 1 aromatic heterocycles. The third-order valence-electron chi connectivity index (χ3n) is 3.29. The summed E-state index contributed by atoms with van der Waals surface area (Å²) >= 11 is 0. The molecule has 0 bridgehead atoms. The van der Waals surface area contributed by atoms with Crippen LogP contribution < -0.4 is 16.6 Å². The van der Waals surface area contributed by atoms with Crippen LogP contribution in [0.5, 0.6) is 0 Å². The molecule has 1 aliphatic rings. The maximum Gasteiger partial charge on any atom is 0.271 e. The minimum Gasteiger partial charge on any atom is -0.348 e. The first-order valence-electron chi connectivity index (χ1n) is 6.28. The molecule has 0 saturated heterocycles. The lowest BCUT2D eigenvalue weighted by atomic mass is 9.87. The Labute approximate surface area is 106 Å². The van der Waals surface area contributed by atoms with Crippen LogP contribution >= 0.6 is 0 Å². The molecule has 98 valence electrons. The number of amides is 1. The van der Waals surface area contributed by atoms with Gasteiger partial charge in [-0.15, -0.1) is 0 Å². The van der Waals surface area contributed by atoms with Crippen molar-refractivity contribution < 1.29 is 4.79 Å². The predicted octanol–water partition coefficient (Wildman–Crippen LogP) is 1.07. The van der Waals surface area contributed by atoms with Crippen LogP contribution in [0, 0.1) is 5.92 Å². The zero-order chi connectivity index (χ0) is 13.0. The summed E-state index contributed by atoms with van der Waals surface area (Å²) in [5, 5.41) is 3.01. The molecule has 2 unspecified atom stereocenters. The molecule has 6 nitrogen and oxygen atoms in total. The quantitative estimate of drug-likeness (QED) is 0.550. The van der Waals surface area contributed by atoms with Crippen LogP contribution in [0.25, 0.3) is 0 Å². The van der Waals surface area contributed by atoms with Gasteiger partial charge in [0, 0.05) is 6.04 Å². The van der Waals surface area contributed by atoms with Crippen LogP contribution in [0.3, 0.4) is 0 Å². The fraction of sp³-hybridized carbons (Fsp3) is 0.583. The highest BCUT2D eigenvalue weighted by Crippen LogP contribution is 2.23. The van der Waals surface area contributed by atoms with Crippen LogP contribution in [-0.2, 0) is 0 Å². The van der Waals surface area contributed by atoms with E-state index in [4.69, 9.17) is 5.84 Å². The average Bonchev–Trinajstić information content (AvgIpc) is 2.39. The number of nitrogen functional groups attached to an aromatic ring is 1. The Morgan fingerprint density at radius 1 is 1.44 bits per heavy atom. The van der Waals surface area contributed by atoms with E-state index in [9.17, 15) is 4.79 Å². The molecule has 6 heteroatoms. The molecule has 2 atom stereocenters. The molecule has 1 aromatic rings. The molecule has 18 heavy (non-hydrogen) atoms. The topological polar surface area (TPSA) is 92.9 Å². The standard InChI is InChI=1S/C12H19N5O/c1-8-3-2-4-9(5-8)15-12(18)10-6-14-7-11(16-10)17-13/h6-9H,2-5,13H2,1H3,(H,15,18)(H,16,17). The molecule has 0 spiro atoms. The first kappa shape index (κ1) is 12.8. The van der Waals surface area contributed by atoms with E-state index >= 15 is 0 Å². The van der Waals surface area contributed by atoms with Crippen LogP contribution in [0.2, 0.25) is 0 Å². The first-order chi connectivity index (χ1) is 8.69. The summed E-state index contributed by atoms with van der Waals surface area (Å²) in [6.07, 6.45) is 7.41. The van der Waals surface area contributed by atoms with Crippen molar-refractivity contribution in [3.05, 3.63) is 18.1 Å². The minimum atomic E-state index is -0.182. The number of anilines is 1. The van der Waals surface area contributed by atoms with E-state index in [-0.39, 0.29) is 11.9 Å². The van der Waals surface area contributed by atoms with Gasteiger partial charge in [0.15, 0.2) is 5.82 Å². The average molecular weight is 249 g/mol. The number of rotatable bonds is 3. The van der Waals surface area contributed by atoms with E-state index in [1.54, 1.807) is 0 Å². The maximum atomic E-state index is 12.0. The predicted molar refractivity (Wildman–Crippen MR) is 68.7 cm³/mol. The fourth-order valence-electron chi connectivity index (χ4n) is 2.37. The Morgan fingerprint density at radius 3 is 3.00 bits per heavy atom. The first-order valence-corrected chi connectivity index (χ1v) is 6.28. The highest BCUT2D eigenvalue weighted by molar-refractivity contribution is 5.92. The molecule has 2 rings (SSSR count). The lowest BCUT2D eigenvalue weighted by Crippen LogP contribution is -2.38. The molecule has 0 aromatic carbocycles. The largest absolute Gasteiger partial charge is 0.348 e. The van der Waals surface area contributed by atoms with Gasteiger partial charge < -0.3 is 10.7 Å². The second-order valence-corrected chi connectivity index (χ2v) is 4.88. The van der Waals surface area contributed by atoms with Gasteiger partial charge in [0.2, 0.25) is 0 Å². The smallest absolute Gasteiger partial charge is 0.271 e. The second kappa shape index (κ2) is 5.77. The number of hydrogen-bond donors (Lipinski definition) is 3. The summed E-state index contributed by atoms with van der Waals surface area (Å²) in [7, 11) is 0. The van der Waals surface area contributed by atoms with Crippen LogP contribution in [0.1, 0.15) is 43.1 Å². The van der Waals surface area contributed by atoms with Crippen molar-refractivity contribution in [2.45, 2.75) is 38.6 Å².